The minimum Gasteiger partial charge on any atom is -1.00 e. The molecule has 120 valence electrons. The van der Waals surface area contributed by atoms with Crippen LogP contribution in [0.25, 0.3) is 0 Å². The molecule has 2 nitrogen and oxygen atoms in total. The third-order valence-electron chi connectivity index (χ3n) is 6.62. The van der Waals surface area contributed by atoms with Crippen molar-refractivity contribution >= 4 is 0 Å². The molecule has 3 rings (SSSR count). The van der Waals surface area contributed by atoms with Gasteiger partial charge in [0.15, 0.2) is 0 Å². The maximum absolute atomic E-state index is 2.55. The molecule has 1 aliphatic carbocycles. The molecule has 20 heavy (non-hydrogen) atoms. The van der Waals surface area contributed by atoms with Gasteiger partial charge in [0.05, 0.1) is 52.4 Å². The van der Waals surface area contributed by atoms with E-state index in [9.17, 15) is 0 Å². The highest BCUT2D eigenvalue weighted by molar-refractivity contribution is 4.74. The summed E-state index contributed by atoms with van der Waals surface area (Å²) in [5.41, 5.74) is 0. The fourth-order valence-corrected chi connectivity index (χ4v) is 5.08. The molecule has 3 fully saturated rings. The maximum Gasteiger partial charge on any atom is 0.0996 e. The monoisotopic (exact) mass is 506 g/mol. The molecule has 0 radical (unpaired) electrons. The predicted octanol–water partition coefficient (Wildman–Crippen LogP) is -3.21. The zero-order chi connectivity index (χ0) is 12.6. The van der Waals surface area contributed by atoms with Gasteiger partial charge in [-0.05, 0) is 25.7 Å². The molecule has 3 aliphatic rings. The van der Waals surface area contributed by atoms with Gasteiger partial charge in [-0.3, -0.25) is 0 Å². The van der Waals surface area contributed by atoms with Crippen molar-refractivity contribution in [2.24, 2.45) is 0 Å². The summed E-state index contributed by atoms with van der Waals surface area (Å²) in [5.74, 6) is 0. The molecule has 0 aromatic heterocycles. The number of piperidine rings is 1. The molecule has 2 heterocycles. The Kier molecular flexibility index (Phi) is 7.55. The highest BCUT2D eigenvalue weighted by Crippen LogP contribution is 2.35. The van der Waals surface area contributed by atoms with Crippen LogP contribution in [0.2, 0.25) is 0 Å². The summed E-state index contributed by atoms with van der Waals surface area (Å²) >= 11 is 0. The van der Waals surface area contributed by atoms with E-state index in [1.54, 1.807) is 0 Å². The summed E-state index contributed by atoms with van der Waals surface area (Å²) in [6.45, 7) is 5.84. The van der Waals surface area contributed by atoms with Crippen LogP contribution in [0.4, 0.5) is 0 Å². The number of likely N-dealkylation sites (tertiary alicyclic amines) is 2. The van der Waals surface area contributed by atoms with Crippen molar-refractivity contribution in [3.63, 3.8) is 0 Å². The van der Waals surface area contributed by atoms with Crippen molar-refractivity contribution in [3.8, 4) is 0 Å². The standard InChI is InChI=1S/C16H32N2.2HI/c1-17(11-5-6-12-17)16-9-13-18(2,14-10-16)15-7-3-4-8-15;;/h15-16H,3-14H2,1-2H3;2*1H/q+2;;/p-2. The lowest BCUT2D eigenvalue weighted by atomic mass is 9.97. The molecule has 0 N–H and O–H groups in total. The van der Waals surface area contributed by atoms with E-state index < -0.39 is 0 Å². The van der Waals surface area contributed by atoms with Crippen LogP contribution < -0.4 is 48.0 Å². The SMILES string of the molecule is C[N+]1(C2CC[N+](C)(C3CCCC3)CC2)CCCC1.[I-].[I-]. The second kappa shape index (κ2) is 7.77. The van der Waals surface area contributed by atoms with E-state index in [2.05, 4.69) is 14.1 Å². The molecule has 0 unspecified atom stereocenters. The zero-order valence-corrected chi connectivity index (χ0v) is 17.6. The Morgan fingerprint density at radius 1 is 0.550 bits per heavy atom. The van der Waals surface area contributed by atoms with E-state index in [4.69, 9.17) is 0 Å². The van der Waals surface area contributed by atoms with Crippen LogP contribution in [-0.4, -0.2) is 61.3 Å². The summed E-state index contributed by atoms with van der Waals surface area (Å²) in [5, 5.41) is 0. The first-order valence-electron chi connectivity index (χ1n) is 8.31. The molecular weight excluding hydrogens is 474 g/mol. The summed E-state index contributed by atoms with van der Waals surface area (Å²) in [6.07, 6.45) is 11.9. The molecule has 0 amide bonds. The molecule has 0 spiro atoms. The zero-order valence-electron chi connectivity index (χ0n) is 13.3. The Balaban J connectivity index is 0.000001000. The van der Waals surface area contributed by atoms with Crippen LogP contribution in [0, 0.1) is 0 Å². The Bertz CT molecular complexity index is 289. The quantitative estimate of drug-likeness (QED) is 0.274. The average Bonchev–Trinajstić information content (AvgIpc) is 3.01. The summed E-state index contributed by atoms with van der Waals surface area (Å²) in [7, 11) is 5.08. The first kappa shape index (κ1) is 19.4. The Morgan fingerprint density at radius 2 is 0.950 bits per heavy atom. The highest BCUT2D eigenvalue weighted by atomic mass is 127. The molecule has 0 aromatic carbocycles. The van der Waals surface area contributed by atoms with Gasteiger partial charge in [-0.2, -0.15) is 0 Å². The van der Waals surface area contributed by atoms with Crippen LogP contribution in [0.5, 0.6) is 0 Å². The van der Waals surface area contributed by atoms with Crippen molar-refractivity contribution in [1.82, 2.24) is 0 Å². The average molecular weight is 506 g/mol. The number of halogens is 2. The van der Waals surface area contributed by atoms with Gasteiger partial charge in [0.25, 0.3) is 0 Å². The highest BCUT2D eigenvalue weighted by Gasteiger charge is 2.44. The minimum atomic E-state index is 0. The minimum absolute atomic E-state index is 0. The van der Waals surface area contributed by atoms with E-state index in [1.165, 1.54) is 86.5 Å². The lowest BCUT2D eigenvalue weighted by Crippen LogP contribution is -3.00. The Morgan fingerprint density at radius 3 is 1.45 bits per heavy atom. The smallest absolute Gasteiger partial charge is 0.0996 e. The van der Waals surface area contributed by atoms with Gasteiger partial charge < -0.3 is 56.9 Å². The van der Waals surface area contributed by atoms with Gasteiger partial charge in [-0.15, -0.1) is 0 Å². The molecule has 1 saturated carbocycles. The van der Waals surface area contributed by atoms with Crippen molar-refractivity contribution in [2.75, 3.05) is 40.3 Å². The number of hydrogen-bond donors (Lipinski definition) is 0. The van der Waals surface area contributed by atoms with Crippen molar-refractivity contribution in [2.45, 2.75) is 63.5 Å². The molecule has 0 atom stereocenters. The lowest BCUT2D eigenvalue weighted by molar-refractivity contribution is -0.969. The second-order valence-corrected chi connectivity index (χ2v) is 7.73. The molecule has 4 heteroatoms. The van der Waals surface area contributed by atoms with E-state index >= 15 is 0 Å². The lowest BCUT2D eigenvalue weighted by Gasteiger charge is -2.48. The third-order valence-corrected chi connectivity index (χ3v) is 6.62. The fourth-order valence-electron chi connectivity index (χ4n) is 5.08. The van der Waals surface area contributed by atoms with Crippen LogP contribution in [0.15, 0.2) is 0 Å². The van der Waals surface area contributed by atoms with Crippen LogP contribution in [0.3, 0.4) is 0 Å². The van der Waals surface area contributed by atoms with Gasteiger partial charge in [0.1, 0.15) is 0 Å². The summed E-state index contributed by atoms with van der Waals surface area (Å²) < 4.78 is 2.82. The normalized spacial score (nSPS) is 37.2. The fraction of sp³-hybridized carbons (Fsp3) is 1.00. The van der Waals surface area contributed by atoms with E-state index in [0.29, 0.717) is 0 Å². The van der Waals surface area contributed by atoms with E-state index in [0.717, 1.165) is 12.1 Å². The van der Waals surface area contributed by atoms with E-state index in [-0.39, 0.29) is 48.0 Å². The van der Waals surface area contributed by atoms with Gasteiger partial charge in [-0.1, -0.05) is 0 Å². The third kappa shape index (κ3) is 3.82. The topological polar surface area (TPSA) is 0 Å². The number of rotatable bonds is 2. The maximum atomic E-state index is 2.55. The molecule has 0 aromatic rings. The van der Waals surface area contributed by atoms with Gasteiger partial charge in [0.2, 0.25) is 0 Å². The van der Waals surface area contributed by atoms with Crippen molar-refractivity contribution in [3.05, 3.63) is 0 Å². The predicted molar refractivity (Wildman–Crippen MR) is 76.3 cm³/mol. The van der Waals surface area contributed by atoms with Crippen LogP contribution in [0.1, 0.15) is 51.4 Å². The van der Waals surface area contributed by atoms with Crippen molar-refractivity contribution in [1.29, 1.82) is 0 Å². The Hall–Kier alpha value is 1.38. The molecular formula is C16H32I2N2. The van der Waals surface area contributed by atoms with E-state index in [1.807, 2.05) is 0 Å². The van der Waals surface area contributed by atoms with Crippen LogP contribution in [-0.2, 0) is 0 Å². The first-order chi connectivity index (χ1) is 8.62. The van der Waals surface area contributed by atoms with Crippen molar-refractivity contribution < 1.29 is 56.9 Å². The molecule has 0 bridgehead atoms. The Labute approximate surface area is 159 Å². The summed E-state index contributed by atoms with van der Waals surface area (Å²) in [6, 6.07) is 2.00. The first-order valence-corrected chi connectivity index (χ1v) is 8.31. The van der Waals surface area contributed by atoms with Gasteiger partial charge in [-0.25, -0.2) is 0 Å². The van der Waals surface area contributed by atoms with Crippen LogP contribution >= 0.6 is 0 Å². The molecule has 2 saturated heterocycles. The second-order valence-electron chi connectivity index (χ2n) is 7.73. The molecule has 2 aliphatic heterocycles. The van der Waals surface area contributed by atoms with Gasteiger partial charge in [0, 0.05) is 25.7 Å². The number of quaternary nitrogens is 2. The van der Waals surface area contributed by atoms with Gasteiger partial charge >= 0.3 is 0 Å². The summed E-state index contributed by atoms with van der Waals surface area (Å²) in [4.78, 5) is 0. The largest absolute Gasteiger partial charge is 1.00 e. The number of hydrogen-bond acceptors (Lipinski definition) is 0. The number of nitrogens with zero attached hydrogens (tertiary/aromatic N) is 2.